The summed E-state index contributed by atoms with van der Waals surface area (Å²) in [6.07, 6.45) is 6.18. The average Bonchev–Trinajstić information content (AvgIpc) is 2.83. The van der Waals surface area contributed by atoms with Gasteiger partial charge in [-0.3, -0.25) is 14.5 Å². The number of carbonyl (C=O) groups is 2. The molecule has 2 fully saturated rings. The first-order valence-corrected chi connectivity index (χ1v) is 9.98. The molecule has 0 spiro atoms. The smallest absolute Gasteiger partial charge is 0.235 e. The zero-order valence-corrected chi connectivity index (χ0v) is 16.7. The molecule has 146 valence electrons. The Hall–Kier alpha value is -1.20. The maximum absolute atomic E-state index is 12.4. The fourth-order valence-electron chi connectivity index (χ4n) is 5.02. The first-order chi connectivity index (χ1) is 12.3. The lowest BCUT2D eigenvalue weighted by molar-refractivity contribution is -0.138. The summed E-state index contributed by atoms with van der Waals surface area (Å²) in [5.74, 6) is 1.04. The van der Waals surface area contributed by atoms with Gasteiger partial charge in [-0.1, -0.05) is 33.3 Å². The van der Waals surface area contributed by atoms with E-state index in [0.717, 1.165) is 12.0 Å². The molecule has 2 amide bonds. The van der Waals surface area contributed by atoms with Crippen LogP contribution in [-0.4, -0.2) is 49.7 Å². The number of fused-ring (bicyclic) bond motifs is 1. The first-order valence-electron chi connectivity index (χ1n) is 9.98. The number of ether oxygens (including phenoxy) is 2. The van der Waals surface area contributed by atoms with E-state index in [0.29, 0.717) is 30.8 Å². The van der Waals surface area contributed by atoms with Crippen molar-refractivity contribution < 1.29 is 19.1 Å². The average molecular weight is 363 g/mol. The lowest BCUT2D eigenvalue weighted by Gasteiger charge is -2.38. The molecule has 0 aromatic rings. The van der Waals surface area contributed by atoms with E-state index < -0.39 is 0 Å². The molecule has 26 heavy (non-hydrogen) atoms. The van der Waals surface area contributed by atoms with Crippen LogP contribution in [0.2, 0.25) is 0 Å². The number of nitrogens with zero attached hydrogens (tertiary/aromatic N) is 1. The Balaban J connectivity index is 1.69. The van der Waals surface area contributed by atoms with Crippen LogP contribution in [0.4, 0.5) is 0 Å². The van der Waals surface area contributed by atoms with Gasteiger partial charge >= 0.3 is 0 Å². The number of likely N-dealkylation sites (tertiary alicyclic amines) is 1. The molecule has 1 saturated heterocycles. The van der Waals surface area contributed by atoms with Crippen LogP contribution in [0.15, 0.2) is 11.6 Å². The molecule has 1 heterocycles. The maximum atomic E-state index is 12.4. The summed E-state index contributed by atoms with van der Waals surface area (Å²) >= 11 is 0. The van der Waals surface area contributed by atoms with Crippen LogP contribution in [0.3, 0.4) is 0 Å². The highest BCUT2D eigenvalue weighted by atomic mass is 16.5. The number of amides is 2. The second kappa shape index (κ2) is 7.81. The fourth-order valence-corrected chi connectivity index (χ4v) is 5.02. The van der Waals surface area contributed by atoms with Crippen LogP contribution in [0.5, 0.6) is 0 Å². The molecule has 0 bridgehead atoms. The van der Waals surface area contributed by atoms with Crippen molar-refractivity contribution in [3.8, 4) is 0 Å². The van der Waals surface area contributed by atoms with Crippen LogP contribution < -0.4 is 0 Å². The zero-order chi connectivity index (χ0) is 19.0. The van der Waals surface area contributed by atoms with Crippen molar-refractivity contribution in [2.24, 2.45) is 29.6 Å². The SMILES string of the molecule is CO[C@@H]1C=C(CO[C@@H]2C[C@H](C)CC[C@H]2C(C)C)C[C@@H]2C(=O)N(C)C(=O)[C@@H]21. The Morgan fingerprint density at radius 3 is 2.62 bits per heavy atom. The van der Waals surface area contributed by atoms with Gasteiger partial charge in [0.15, 0.2) is 0 Å². The minimum atomic E-state index is -0.376. The van der Waals surface area contributed by atoms with E-state index in [1.807, 2.05) is 6.08 Å². The standard InChI is InChI=1S/C21H33NO4/c1-12(2)15-7-6-13(3)8-17(15)26-11-14-9-16-19(18(10-14)25-5)21(24)22(4)20(16)23/h10,12-13,15-19H,6-9,11H2,1-5H3/t13-,15+,16+,17-,18-,19+/m1/s1. The van der Waals surface area contributed by atoms with Gasteiger partial charge in [0, 0.05) is 14.2 Å². The van der Waals surface area contributed by atoms with Crippen molar-refractivity contribution in [2.45, 2.75) is 58.7 Å². The largest absolute Gasteiger partial charge is 0.377 e. The van der Waals surface area contributed by atoms with Crippen LogP contribution in [0.1, 0.15) is 46.5 Å². The van der Waals surface area contributed by atoms with Gasteiger partial charge in [-0.05, 0) is 42.6 Å². The molecule has 0 aromatic carbocycles. The number of rotatable bonds is 5. The minimum Gasteiger partial charge on any atom is -0.377 e. The van der Waals surface area contributed by atoms with Crippen molar-refractivity contribution in [1.82, 2.24) is 4.90 Å². The number of hydrogen-bond donors (Lipinski definition) is 0. The molecule has 0 unspecified atom stereocenters. The molecule has 2 aliphatic carbocycles. The maximum Gasteiger partial charge on any atom is 0.235 e. The number of imide groups is 1. The summed E-state index contributed by atoms with van der Waals surface area (Å²) in [5.41, 5.74) is 1.09. The molecule has 5 heteroatoms. The second-order valence-corrected chi connectivity index (χ2v) is 8.77. The summed E-state index contributed by atoms with van der Waals surface area (Å²) in [4.78, 5) is 26.0. The monoisotopic (exact) mass is 363 g/mol. The summed E-state index contributed by atoms with van der Waals surface area (Å²) in [5, 5.41) is 0. The third kappa shape index (κ3) is 3.61. The quantitative estimate of drug-likeness (QED) is 0.556. The van der Waals surface area contributed by atoms with Crippen LogP contribution in [0, 0.1) is 29.6 Å². The highest BCUT2D eigenvalue weighted by molar-refractivity contribution is 6.05. The molecule has 0 N–H and O–H groups in total. The van der Waals surface area contributed by atoms with Crippen LogP contribution >= 0.6 is 0 Å². The third-order valence-electron chi connectivity index (χ3n) is 6.65. The van der Waals surface area contributed by atoms with Gasteiger partial charge in [-0.2, -0.15) is 0 Å². The van der Waals surface area contributed by atoms with Gasteiger partial charge in [0.05, 0.1) is 30.7 Å². The second-order valence-electron chi connectivity index (χ2n) is 8.77. The van der Waals surface area contributed by atoms with E-state index in [-0.39, 0.29) is 35.9 Å². The molecule has 3 aliphatic rings. The van der Waals surface area contributed by atoms with E-state index >= 15 is 0 Å². The van der Waals surface area contributed by atoms with Gasteiger partial charge in [0.1, 0.15) is 0 Å². The van der Waals surface area contributed by atoms with Gasteiger partial charge in [0.25, 0.3) is 0 Å². The molecule has 1 saturated carbocycles. The van der Waals surface area contributed by atoms with Gasteiger partial charge in [0.2, 0.25) is 11.8 Å². The zero-order valence-electron chi connectivity index (χ0n) is 16.7. The van der Waals surface area contributed by atoms with Crippen LogP contribution in [-0.2, 0) is 19.1 Å². The predicted molar refractivity (Wildman–Crippen MR) is 99.3 cm³/mol. The van der Waals surface area contributed by atoms with Crippen molar-refractivity contribution in [1.29, 1.82) is 0 Å². The van der Waals surface area contributed by atoms with E-state index in [1.165, 1.54) is 17.7 Å². The molecular formula is C21H33NO4. The van der Waals surface area contributed by atoms with E-state index in [1.54, 1.807) is 14.2 Å². The lowest BCUT2D eigenvalue weighted by atomic mass is 9.75. The Labute approximate surface area is 157 Å². The molecule has 0 aromatic heterocycles. The molecule has 0 radical (unpaired) electrons. The van der Waals surface area contributed by atoms with E-state index in [2.05, 4.69) is 20.8 Å². The summed E-state index contributed by atoms with van der Waals surface area (Å²) in [7, 11) is 3.18. The topological polar surface area (TPSA) is 55.8 Å². The molecular weight excluding hydrogens is 330 g/mol. The summed E-state index contributed by atoms with van der Waals surface area (Å²) < 4.78 is 11.9. The molecule has 1 aliphatic heterocycles. The van der Waals surface area contributed by atoms with Crippen molar-refractivity contribution in [3.05, 3.63) is 11.6 Å². The normalized spacial score (nSPS) is 37.9. The number of carbonyl (C=O) groups excluding carboxylic acids is 2. The summed E-state index contributed by atoms with van der Waals surface area (Å²) in [6.45, 7) is 7.40. The highest BCUT2D eigenvalue weighted by Gasteiger charge is 2.51. The van der Waals surface area contributed by atoms with Crippen molar-refractivity contribution >= 4 is 11.8 Å². The van der Waals surface area contributed by atoms with Crippen LogP contribution in [0.25, 0.3) is 0 Å². The van der Waals surface area contributed by atoms with Crippen molar-refractivity contribution in [3.63, 3.8) is 0 Å². The summed E-state index contributed by atoms with van der Waals surface area (Å²) in [6, 6.07) is 0. The lowest BCUT2D eigenvalue weighted by Crippen LogP contribution is -2.37. The molecule has 6 atom stereocenters. The predicted octanol–water partition coefficient (Wildman–Crippen LogP) is 3.04. The molecule has 3 rings (SSSR count). The highest BCUT2D eigenvalue weighted by Crippen LogP contribution is 2.40. The third-order valence-corrected chi connectivity index (χ3v) is 6.65. The number of methoxy groups -OCH3 is 1. The van der Waals surface area contributed by atoms with Gasteiger partial charge < -0.3 is 9.47 Å². The Morgan fingerprint density at radius 1 is 1.23 bits per heavy atom. The first kappa shape index (κ1) is 19.6. The van der Waals surface area contributed by atoms with Gasteiger partial charge in [-0.25, -0.2) is 0 Å². The Bertz CT molecular complexity index is 585. The minimum absolute atomic E-state index is 0.0843. The van der Waals surface area contributed by atoms with Gasteiger partial charge in [-0.15, -0.1) is 0 Å². The molecule has 5 nitrogen and oxygen atoms in total. The van der Waals surface area contributed by atoms with E-state index in [4.69, 9.17) is 9.47 Å². The number of hydrogen-bond acceptors (Lipinski definition) is 4. The van der Waals surface area contributed by atoms with Crippen molar-refractivity contribution in [2.75, 3.05) is 20.8 Å². The van der Waals surface area contributed by atoms with E-state index in [9.17, 15) is 9.59 Å². The Morgan fingerprint density at radius 2 is 1.96 bits per heavy atom. The fraction of sp³-hybridized carbons (Fsp3) is 0.810. The Kier molecular flexibility index (Phi) is 5.88.